The Hall–Kier alpha value is -1.02. The van der Waals surface area contributed by atoms with Gasteiger partial charge >= 0.3 is 0 Å². The topological polar surface area (TPSA) is 15.3 Å². The van der Waals surface area contributed by atoms with E-state index in [1.807, 2.05) is 6.07 Å². The number of nitrogens with zero attached hydrogens (tertiary/aromatic N) is 1. The van der Waals surface area contributed by atoms with E-state index in [0.717, 1.165) is 6.54 Å². The second-order valence-electron chi connectivity index (χ2n) is 4.36. The van der Waals surface area contributed by atoms with Crippen molar-refractivity contribution >= 4 is 5.69 Å². The van der Waals surface area contributed by atoms with Crippen molar-refractivity contribution in [1.82, 2.24) is 5.32 Å². The summed E-state index contributed by atoms with van der Waals surface area (Å²) < 4.78 is 0. The first-order chi connectivity index (χ1) is 7.11. The summed E-state index contributed by atoms with van der Waals surface area (Å²) in [5.41, 5.74) is 1.27. The van der Waals surface area contributed by atoms with Crippen LogP contribution in [0.15, 0.2) is 30.3 Å². The van der Waals surface area contributed by atoms with E-state index in [9.17, 15) is 0 Å². The first kappa shape index (κ1) is 12.1. The van der Waals surface area contributed by atoms with Crippen molar-refractivity contribution in [3.05, 3.63) is 30.3 Å². The summed E-state index contributed by atoms with van der Waals surface area (Å²) in [6, 6.07) is 11.6. The lowest BCUT2D eigenvalue weighted by atomic mass is 10.2. The van der Waals surface area contributed by atoms with Gasteiger partial charge in [-0.15, -0.1) is 0 Å². The van der Waals surface area contributed by atoms with Gasteiger partial charge in [-0.25, -0.2) is 0 Å². The van der Waals surface area contributed by atoms with Crippen LogP contribution in [0, 0.1) is 0 Å². The Morgan fingerprint density at radius 1 is 1.13 bits per heavy atom. The number of anilines is 1. The molecule has 1 rings (SSSR count). The van der Waals surface area contributed by atoms with Crippen LogP contribution in [0.4, 0.5) is 5.69 Å². The first-order valence-corrected chi connectivity index (χ1v) is 5.62. The van der Waals surface area contributed by atoms with Gasteiger partial charge in [0.25, 0.3) is 0 Å². The Kier molecular flexibility index (Phi) is 4.63. The molecule has 0 heterocycles. The normalized spacial score (nSPS) is 12.9. The van der Waals surface area contributed by atoms with E-state index in [1.54, 1.807) is 0 Å². The molecule has 1 N–H and O–H groups in total. The minimum Gasteiger partial charge on any atom is -0.371 e. The molecule has 0 saturated heterocycles. The molecule has 1 aromatic carbocycles. The maximum Gasteiger partial charge on any atom is 0.0383 e. The summed E-state index contributed by atoms with van der Waals surface area (Å²) in [5, 5.41) is 3.45. The monoisotopic (exact) mass is 206 g/mol. The molecule has 0 aliphatic rings. The quantitative estimate of drug-likeness (QED) is 0.796. The third kappa shape index (κ3) is 3.92. The Bertz CT molecular complexity index is 269. The van der Waals surface area contributed by atoms with E-state index in [-0.39, 0.29) is 0 Å². The molecule has 15 heavy (non-hydrogen) atoms. The maximum atomic E-state index is 3.45. The molecule has 1 unspecified atom stereocenters. The van der Waals surface area contributed by atoms with Crippen molar-refractivity contribution in [2.24, 2.45) is 0 Å². The van der Waals surface area contributed by atoms with Crippen LogP contribution in [0.2, 0.25) is 0 Å². The van der Waals surface area contributed by atoms with Gasteiger partial charge in [0, 0.05) is 31.4 Å². The van der Waals surface area contributed by atoms with E-state index in [1.165, 1.54) is 5.69 Å². The van der Waals surface area contributed by atoms with Crippen molar-refractivity contribution < 1.29 is 0 Å². The predicted octanol–water partition coefficient (Wildman–Crippen LogP) is 2.51. The molecular formula is C13H22N2. The lowest BCUT2D eigenvalue weighted by Crippen LogP contribution is -2.40. The number of para-hydroxylation sites is 1. The minimum absolute atomic E-state index is 0.509. The van der Waals surface area contributed by atoms with Gasteiger partial charge < -0.3 is 10.2 Å². The van der Waals surface area contributed by atoms with Crippen molar-refractivity contribution in [2.45, 2.75) is 32.9 Å². The van der Waals surface area contributed by atoms with Crippen molar-refractivity contribution in [1.29, 1.82) is 0 Å². The summed E-state index contributed by atoms with van der Waals surface area (Å²) >= 11 is 0. The molecule has 1 atom stereocenters. The maximum absolute atomic E-state index is 3.45. The van der Waals surface area contributed by atoms with E-state index in [0.29, 0.717) is 12.1 Å². The van der Waals surface area contributed by atoms with Crippen LogP contribution in [-0.4, -0.2) is 25.7 Å². The number of rotatable bonds is 5. The number of benzene rings is 1. The zero-order chi connectivity index (χ0) is 11.3. The zero-order valence-corrected chi connectivity index (χ0v) is 10.2. The fraction of sp³-hybridized carbons (Fsp3) is 0.538. The van der Waals surface area contributed by atoms with Crippen LogP contribution in [0.1, 0.15) is 20.8 Å². The summed E-state index contributed by atoms with van der Waals surface area (Å²) in [6.07, 6.45) is 0. The van der Waals surface area contributed by atoms with Gasteiger partial charge in [0.1, 0.15) is 0 Å². The molecule has 0 saturated carbocycles. The Labute approximate surface area is 93.3 Å². The zero-order valence-electron chi connectivity index (χ0n) is 10.2. The third-order valence-corrected chi connectivity index (χ3v) is 2.65. The van der Waals surface area contributed by atoms with Crippen molar-refractivity contribution in [3.63, 3.8) is 0 Å². The Balaban J connectivity index is 2.49. The summed E-state index contributed by atoms with van der Waals surface area (Å²) in [6.45, 7) is 7.61. The third-order valence-electron chi connectivity index (χ3n) is 2.65. The van der Waals surface area contributed by atoms with Gasteiger partial charge in [0.2, 0.25) is 0 Å². The molecule has 0 aliphatic carbocycles. The second-order valence-corrected chi connectivity index (χ2v) is 4.36. The molecule has 1 aromatic rings. The smallest absolute Gasteiger partial charge is 0.0383 e. The van der Waals surface area contributed by atoms with Crippen LogP contribution in [0.5, 0.6) is 0 Å². The van der Waals surface area contributed by atoms with Gasteiger partial charge in [-0.3, -0.25) is 0 Å². The molecule has 0 amide bonds. The van der Waals surface area contributed by atoms with Crippen LogP contribution < -0.4 is 10.2 Å². The van der Waals surface area contributed by atoms with E-state index < -0.39 is 0 Å². The van der Waals surface area contributed by atoms with Gasteiger partial charge in [-0.05, 0) is 19.1 Å². The molecule has 0 fully saturated rings. The standard InChI is InChI=1S/C13H22N2/c1-11(2)14-10-12(3)15(4)13-8-6-5-7-9-13/h5-9,11-12,14H,10H2,1-4H3. The van der Waals surface area contributed by atoms with Gasteiger partial charge in [-0.2, -0.15) is 0 Å². The Morgan fingerprint density at radius 2 is 1.73 bits per heavy atom. The summed E-state index contributed by atoms with van der Waals surface area (Å²) in [4.78, 5) is 2.30. The van der Waals surface area contributed by atoms with E-state index >= 15 is 0 Å². The van der Waals surface area contributed by atoms with Crippen molar-refractivity contribution in [2.75, 3.05) is 18.5 Å². The first-order valence-electron chi connectivity index (χ1n) is 5.62. The summed E-state index contributed by atoms with van der Waals surface area (Å²) in [7, 11) is 2.14. The van der Waals surface area contributed by atoms with Crippen LogP contribution in [-0.2, 0) is 0 Å². The predicted molar refractivity (Wildman–Crippen MR) is 67.4 cm³/mol. The number of hydrogen-bond donors (Lipinski definition) is 1. The van der Waals surface area contributed by atoms with Crippen LogP contribution in [0.3, 0.4) is 0 Å². The molecule has 0 radical (unpaired) electrons. The van der Waals surface area contributed by atoms with Crippen molar-refractivity contribution in [3.8, 4) is 0 Å². The molecule has 84 valence electrons. The Morgan fingerprint density at radius 3 is 2.27 bits per heavy atom. The molecule has 2 heteroatoms. The number of hydrogen-bond acceptors (Lipinski definition) is 2. The molecule has 0 spiro atoms. The van der Waals surface area contributed by atoms with E-state index in [2.05, 4.69) is 62.3 Å². The summed E-state index contributed by atoms with van der Waals surface area (Å²) in [5.74, 6) is 0. The lowest BCUT2D eigenvalue weighted by Gasteiger charge is -2.28. The highest BCUT2D eigenvalue weighted by Crippen LogP contribution is 2.13. The largest absolute Gasteiger partial charge is 0.371 e. The van der Waals surface area contributed by atoms with Crippen LogP contribution >= 0.6 is 0 Å². The lowest BCUT2D eigenvalue weighted by molar-refractivity contribution is 0.532. The molecular weight excluding hydrogens is 184 g/mol. The molecule has 2 nitrogen and oxygen atoms in total. The number of nitrogens with one attached hydrogen (secondary N) is 1. The minimum atomic E-state index is 0.509. The molecule has 0 aliphatic heterocycles. The number of likely N-dealkylation sites (N-methyl/N-ethyl adjacent to an activating group) is 1. The average Bonchev–Trinajstić information content (AvgIpc) is 2.26. The fourth-order valence-corrected chi connectivity index (χ4v) is 1.46. The average molecular weight is 206 g/mol. The van der Waals surface area contributed by atoms with Gasteiger partial charge in [-0.1, -0.05) is 32.0 Å². The van der Waals surface area contributed by atoms with Gasteiger partial charge in [0.15, 0.2) is 0 Å². The highest BCUT2D eigenvalue weighted by Gasteiger charge is 2.09. The SMILES string of the molecule is CC(C)NCC(C)N(C)c1ccccc1. The van der Waals surface area contributed by atoms with Crippen LogP contribution in [0.25, 0.3) is 0 Å². The van der Waals surface area contributed by atoms with E-state index in [4.69, 9.17) is 0 Å². The fourth-order valence-electron chi connectivity index (χ4n) is 1.46. The highest BCUT2D eigenvalue weighted by atomic mass is 15.1. The highest BCUT2D eigenvalue weighted by molar-refractivity contribution is 5.45. The molecule has 0 bridgehead atoms. The van der Waals surface area contributed by atoms with Gasteiger partial charge in [0.05, 0.1) is 0 Å². The molecule has 0 aromatic heterocycles. The second kappa shape index (κ2) is 5.76.